The van der Waals surface area contributed by atoms with Gasteiger partial charge in [-0.2, -0.15) is 5.26 Å². The third-order valence-corrected chi connectivity index (χ3v) is 5.32. The molecule has 0 aliphatic carbocycles. The molecule has 7 heteroatoms. The maximum atomic E-state index is 12.4. The Balaban J connectivity index is 1.51. The molecule has 2 N–H and O–H groups in total. The van der Waals surface area contributed by atoms with E-state index in [-0.39, 0.29) is 24.0 Å². The first-order valence-electron chi connectivity index (χ1n) is 10.2. The van der Waals surface area contributed by atoms with Gasteiger partial charge in [0.25, 0.3) is 0 Å². The lowest BCUT2D eigenvalue weighted by Gasteiger charge is -2.28. The van der Waals surface area contributed by atoms with Crippen molar-refractivity contribution in [3.8, 4) is 22.9 Å². The van der Waals surface area contributed by atoms with Crippen LogP contribution in [0, 0.1) is 11.3 Å². The largest absolute Gasteiger partial charge is 0.497 e. The number of hydrogen-bond donors (Lipinski definition) is 2. The molecule has 2 heterocycles. The van der Waals surface area contributed by atoms with E-state index in [1.165, 1.54) is 0 Å². The van der Waals surface area contributed by atoms with Crippen molar-refractivity contribution in [3.05, 3.63) is 42.6 Å². The van der Waals surface area contributed by atoms with Gasteiger partial charge in [-0.25, -0.2) is 4.98 Å². The van der Waals surface area contributed by atoms with Crippen molar-refractivity contribution >= 4 is 11.7 Å². The number of anilines is 1. The highest BCUT2D eigenvalue weighted by atomic mass is 16.5. The number of benzene rings is 1. The Morgan fingerprint density at radius 2 is 2.17 bits per heavy atom. The zero-order chi connectivity index (χ0) is 21.6. The Morgan fingerprint density at radius 1 is 1.33 bits per heavy atom. The number of rotatable bonds is 8. The highest BCUT2D eigenvalue weighted by Crippen LogP contribution is 2.24. The predicted molar refractivity (Wildman–Crippen MR) is 117 cm³/mol. The first kappa shape index (κ1) is 21.6. The summed E-state index contributed by atoms with van der Waals surface area (Å²) in [5, 5.41) is 15.8. The van der Waals surface area contributed by atoms with Gasteiger partial charge >= 0.3 is 0 Å². The van der Waals surface area contributed by atoms with Crippen LogP contribution in [0.1, 0.15) is 26.7 Å². The average Bonchev–Trinajstić information content (AvgIpc) is 3.26. The molecule has 0 spiro atoms. The normalized spacial score (nSPS) is 16.2. The molecule has 1 aromatic carbocycles. The molecular formula is C23H29N5O2. The van der Waals surface area contributed by atoms with Gasteiger partial charge in [-0.1, -0.05) is 12.1 Å². The fourth-order valence-electron chi connectivity index (χ4n) is 3.46. The summed E-state index contributed by atoms with van der Waals surface area (Å²) in [4.78, 5) is 18.6. The summed E-state index contributed by atoms with van der Waals surface area (Å²) in [6.07, 6.45) is 3.49. The number of aromatic nitrogens is 1. The number of nitriles is 1. The number of nitrogens with zero attached hydrogens (tertiary/aromatic N) is 3. The molecule has 3 rings (SSSR count). The maximum Gasteiger partial charge on any atom is 0.237 e. The van der Waals surface area contributed by atoms with Crippen molar-refractivity contribution < 1.29 is 9.53 Å². The van der Waals surface area contributed by atoms with E-state index in [4.69, 9.17) is 10.00 Å². The van der Waals surface area contributed by atoms with Crippen LogP contribution in [-0.4, -0.2) is 54.1 Å². The van der Waals surface area contributed by atoms with E-state index in [1.54, 1.807) is 12.0 Å². The van der Waals surface area contributed by atoms with Crippen LogP contribution in [0.4, 0.5) is 5.82 Å². The number of methoxy groups -OCH3 is 1. The van der Waals surface area contributed by atoms with Crippen LogP contribution < -0.4 is 15.4 Å². The number of amides is 1. The van der Waals surface area contributed by atoms with Gasteiger partial charge in [-0.15, -0.1) is 0 Å². The van der Waals surface area contributed by atoms with Crippen molar-refractivity contribution in [1.82, 2.24) is 15.2 Å². The van der Waals surface area contributed by atoms with E-state index in [1.807, 2.05) is 56.4 Å². The molecule has 2 aromatic rings. The zero-order valence-electron chi connectivity index (χ0n) is 17.8. The Hall–Kier alpha value is -3.11. The number of nitrogens with one attached hydrogen (secondary N) is 2. The Kier molecular flexibility index (Phi) is 6.91. The molecule has 1 atom stereocenters. The summed E-state index contributed by atoms with van der Waals surface area (Å²) < 4.78 is 5.28. The number of carbonyl (C=O) groups excluding carboxylic acids is 1. The van der Waals surface area contributed by atoms with Crippen LogP contribution in [0.25, 0.3) is 11.1 Å². The highest BCUT2D eigenvalue weighted by molar-refractivity contribution is 5.79. The van der Waals surface area contributed by atoms with Gasteiger partial charge in [-0.05, 0) is 56.5 Å². The minimum absolute atomic E-state index is 0.0205. The molecule has 0 radical (unpaired) electrons. The van der Waals surface area contributed by atoms with E-state index in [2.05, 4.69) is 21.7 Å². The van der Waals surface area contributed by atoms with Crippen LogP contribution in [0.3, 0.4) is 0 Å². The third-order valence-electron chi connectivity index (χ3n) is 5.32. The second kappa shape index (κ2) is 9.59. The molecule has 1 saturated heterocycles. The lowest BCUT2D eigenvalue weighted by atomic mass is 10.1. The first-order chi connectivity index (χ1) is 14.4. The monoisotopic (exact) mass is 407 g/mol. The SMILES string of the molecule is COc1cccc(-c2ccc(NCC(C)(C)NCC(=O)N3CCC[C@H]3C#N)nc2)c1. The van der Waals surface area contributed by atoms with Crippen LogP contribution >= 0.6 is 0 Å². The summed E-state index contributed by atoms with van der Waals surface area (Å²) >= 11 is 0. The summed E-state index contributed by atoms with van der Waals surface area (Å²) in [6, 6.07) is 13.8. The fourth-order valence-corrected chi connectivity index (χ4v) is 3.46. The van der Waals surface area contributed by atoms with Gasteiger partial charge in [0, 0.05) is 30.4 Å². The minimum Gasteiger partial charge on any atom is -0.497 e. The molecule has 0 bridgehead atoms. The van der Waals surface area contributed by atoms with E-state index in [9.17, 15) is 4.79 Å². The van der Waals surface area contributed by atoms with E-state index < -0.39 is 0 Å². The van der Waals surface area contributed by atoms with Crippen molar-refractivity contribution in [2.24, 2.45) is 0 Å². The van der Waals surface area contributed by atoms with Gasteiger partial charge in [0.05, 0.1) is 19.7 Å². The van der Waals surface area contributed by atoms with Crippen molar-refractivity contribution in [3.63, 3.8) is 0 Å². The number of pyridine rings is 1. The lowest BCUT2D eigenvalue weighted by molar-refractivity contribution is -0.130. The molecule has 1 aliphatic heterocycles. The van der Waals surface area contributed by atoms with Crippen LogP contribution in [0.5, 0.6) is 5.75 Å². The zero-order valence-corrected chi connectivity index (χ0v) is 17.8. The van der Waals surface area contributed by atoms with Gasteiger partial charge in [-0.3, -0.25) is 4.79 Å². The van der Waals surface area contributed by atoms with E-state index >= 15 is 0 Å². The molecule has 1 aromatic heterocycles. The van der Waals surface area contributed by atoms with Gasteiger partial charge in [0.15, 0.2) is 0 Å². The van der Waals surface area contributed by atoms with Crippen molar-refractivity contribution in [2.75, 3.05) is 32.1 Å². The smallest absolute Gasteiger partial charge is 0.237 e. The molecule has 7 nitrogen and oxygen atoms in total. The molecule has 0 unspecified atom stereocenters. The summed E-state index contributed by atoms with van der Waals surface area (Å²) in [5.41, 5.74) is 1.75. The summed E-state index contributed by atoms with van der Waals surface area (Å²) in [7, 11) is 1.65. The Bertz CT molecular complexity index is 905. The quantitative estimate of drug-likeness (QED) is 0.699. The lowest BCUT2D eigenvalue weighted by Crippen LogP contribution is -2.50. The third kappa shape index (κ3) is 5.49. The van der Waals surface area contributed by atoms with Crippen LogP contribution in [0.15, 0.2) is 42.6 Å². The second-order valence-corrected chi connectivity index (χ2v) is 8.13. The predicted octanol–water partition coefficient (Wildman–Crippen LogP) is 3.05. The van der Waals surface area contributed by atoms with Crippen molar-refractivity contribution in [2.45, 2.75) is 38.3 Å². The molecule has 1 aliphatic rings. The summed E-state index contributed by atoms with van der Waals surface area (Å²) in [6.45, 7) is 5.55. The number of likely N-dealkylation sites (tertiary alicyclic amines) is 1. The minimum atomic E-state index is -0.315. The van der Waals surface area contributed by atoms with E-state index in [0.717, 1.165) is 35.5 Å². The number of ether oxygens (including phenoxy) is 1. The second-order valence-electron chi connectivity index (χ2n) is 8.13. The standard InChI is InChI=1S/C23H29N5O2/c1-23(2,27-15-22(29)28-11-5-7-19(28)13-24)16-26-21-10-9-18(14-25-21)17-6-4-8-20(12-17)30-3/h4,6,8-10,12,14,19,27H,5,7,11,15-16H2,1-3H3,(H,25,26)/t19-/m0/s1. The van der Waals surface area contributed by atoms with Gasteiger partial charge in [0.2, 0.25) is 5.91 Å². The molecular weight excluding hydrogens is 378 g/mol. The number of carbonyl (C=O) groups is 1. The maximum absolute atomic E-state index is 12.4. The average molecular weight is 408 g/mol. The molecule has 0 saturated carbocycles. The first-order valence-corrected chi connectivity index (χ1v) is 10.2. The van der Waals surface area contributed by atoms with Crippen LogP contribution in [0.2, 0.25) is 0 Å². The molecule has 30 heavy (non-hydrogen) atoms. The molecule has 158 valence electrons. The van der Waals surface area contributed by atoms with E-state index in [0.29, 0.717) is 13.1 Å². The molecule has 1 fully saturated rings. The summed E-state index contributed by atoms with van der Waals surface area (Å²) in [5.74, 6) is 1.56. The Labute approximate surface area is 178 Å². The topological polar surface area (TPSA) is 90.3 Å². The van der Waals surface area contributed by atoms with Crippen molar-refractivity contribution in [1.29, 1.82) is 5.26 Å². The van der Waals surface area contributed by atoms with Crippen LogP contribution in [-0.2, 0) is 4.79 Å². The Morgan fingerprint density at radius 3 is 2.87 bits per heavy atom. The number of hydrogen-bond acceptors (Lipinski definition) is 6. The fraction of sp³-hybridized carbons (Fsp3) is 0.435. The van der Waals surface area contributed by atoms with Gasteiger partial charge in [0.1, 0.15) is 17.6 Å². The van der Waals surface area contributed by atoms with Gasteiger partial charge < -0.3 is 20.3 Å². The molecule has 1 amide bonds. The highest BCUT2D eigenvalue weighted by Gasteiger charge is 2.29.